The summed E-state index contributed by atoms with van der Waals surface area (Å²) < 4.78 is 5.13. The standard InChI is InChI=1S/C25H21Cl2N3O4/c1-29-17-7-4-3-6-16(17)25(24(29)33)20-18(8-5-9-19(20)31)30(22(28)21(25)23(32)34-2)15-11-13(26)10-14(27)12-15/h3-4,6-7,10-12H,5,8-9,28H2,1-2H3. The van der Waals surface area contributed by atoms with Gasteiger partial charge in [-0.1, -0.05) is 41.4 Å². The molecule has 1 atom stereocenters. The van der Waals surface area contributed by atoms with E-state index in [0.29, 0.717) is 45.5 Å². The first-order valence-corrected chi connectivity index (χ1v) is 11.5. The number of methoxy groups -OCH3 is 1. The number of likely N-dealkylation sites (N-methyl/N-ethyl adjacent to an activating group) is 1. The van der Waals surface area contributed by atoms with E-state index in [4.69, 9.17) is 33.7 Å². The zero-order chi connectivity index (χ0) is 24.4. The second kappa shape index (κ2) is 7.89. The molecule has 34 heavy (non-hydrogen) atoms. The first-order chi connectivity index (χ1) is 16.2. The molecule has 3 aliphatic rings. The lowest BCUT2D eigenvalue weighted by Gasteiger charge is -2.44. The van der Waals surface area contributed by atoms with Crippen molar-refractivity contribution in [3.05, 3.63) is 80.7 Å². The van der Waals surface area contributed by atoms with Crippen LogP contribution in [-0.4, -0.2) is 31.8 Å². The summed E-state index contributed by atoms with van der Waals surface area (Å²) in [5, 5.41) is 0.725. The van der Waals surface area contributed by atoms with Crippen molar-refractivity contribution in [2.75, 3.05) is 24.0 Å². The second-order valence-electron chi connectivity index (χ2n) is 8.44. The number of hydrogen-bond donors (Lipinski definition) is 1. The number of para-hydroxylation sites is 1. The molecule has 2 heterocycles. The van der Waals surface area contributed by atoms with Gasteiger partial charge in [0.25, 0.3) is 0 Å². The highest BCUT2D eigenvalue weighted by Crippen LogP contribution is 2.57. The molecule has 2 aromatic carbocycles. The molecule has 9 heteroatoms. The molecule has 174 valence electrons. The Morgan fingerprint density at radius 1 is 1.09 bits per heavy atom. The van der Waals surface area contributed by atoms with Gasteiger partial charge in [0.15, 0.2) is 5.78 Å². The van der Waals surface area contributed by atoms with Gasteiger partial charge in [0.05, 0.1) is 12.8 Å². The molecule has 0 fully saturated rings. The van der Waals surface area contributed by atoms with E-state index in [1.807, 2.05) is 0 Å². The van der Waals surface area contributed by atoms with Crippen LogP contribution in [0.1, 0.15) is 24.8 Å². The number of nitrogens with two attached hydrogens (primary N) is 1. The fourth-order valence-corrected chi connectivity index (χ4v) is 5.93. The van der Waals surface area contributed by atoms with Crippen molar-refractivity contribution in [1.82, 2.24) is 0 Å². The summed E-state index contributed by atoms with van der Waals surface area (Å²) >= 11 is 12.5. The average Bonchev–Trinajstić information content (AvgIpc) is 3.01. The fourth-order valence-electron chi connectivity index (χ4n) is 5.42. The van der Waals surface area contributed by atoms with Gasteiger partial charge in [0, 0.05) is 46.0 Å². The lowest BCUT2D eigenvalue weighted by molar-refractivity contribution is -0.138. The fraction of sp³-hybridized carbons (Fsp3) is 0.240. The Morgan fingerprint density at radius 3 is 2.44 bits per heavy atom. The molecule has 2 aliphatic heterocycles. The van der Waals surface area contributed by atoms with Crippen LogP contribution in [-0.2, 0) is 24.5 Å². The van der Waals surface area contributed by atoms with Crippen LogP contribution in [0.5, 0.6) is 0 Å². The Balaban J connectivity index is 1.93. The second-order valence-corrected chi connectivity index (χ2v) is 9.32. The van der Waals surface area contributed by atoms with Gasteiger partial charge in [-0.2, -0.15) is 0 Å². The molecular weight excluding hydrogens is 477 g/mol. The van der Waals surface area contributed by atoms with Crippen LogP contribution in [0, 0.1) is 0 Å². The summed E-state index contributed by atoms with van der Waals surface area (Å²) in [5.41, 5.74) is 7.32. The lowest BCUT2D eigenvalue weighted by atomic mass is 9.63. The van der Waals surface area contributed by atoms with Gasteiger partial charge in [0.1, 0.15) is 16.8 Å². The topological polar surface area (TPSA) is 92.9 Å². The molecule has 0 saturated heterocycles. The number of benzene rings is 2. The van der Waals surface area contributed by atoms with Gasteiger partial charge in [-0.3, -0.25) is 14.5 Å². The van der Waals surface area contributed by atoms with Crippen LogP contribution in [0.3, 0.4) is 0 Å². The van der Waals surface area contributed by atoms with Crippen LogP contribution in [0.25, 0.3) is 0 Å². The normalized spacial score (nSPS) is 21.9. The molecule has 1 aliphatic carbocycles. The monoisotopic (exact) mass is 497 g/mol. The molecular formula is C25H21Cl2N3O4. The Kier molecular flexibility index (Phi) is 5.22. The van der Waals surface area contributed by atoms with Gasteiger partial charge in [-0.05, 0) is 37.1 Å². The molecule has 1 spiro atoms. The number of ketones is 1. The number of carbonyl (C=O) groups excluding carboxylic acids is 3. The number of Topliss-reactive ketones (excluding diaryl/α,β-unsaturated/α-hetero) is 1. The van der Waals surface area contributed by atoms with Crippen molar-refractivity contribution in [2.45, 2.75) is 24.7 Å². The third kappa shape index (κ3) is 2.87. The zero-order valence-electron chi connectivity index (χ0n) is 18.5. The number of halogens is 2. The van der Waals surface area contributed by atoms with Gasteiger partial charge < -0.3 is 15.4 Å². The van der Waals surface area contributed by atoms with Crippen molar-refractivity contribution >= 4 is 52.2 Å². The summed E-state index contributed by atoms with van der Waals surface area (Å²) in [6.45, 7) is 0. The lowest BCUT2D eigenvalue weighted by Crippen LogP contribution is -2.54. The third-order valence-electron chi connectivity index (χ3n) is 6.69. The predicted octanol–water partition coefficient (Wildman–Crippen LogP) is 4.08. The van der Waals surface area contributed by atoms with Crippen molar-refractivity contribution in [1.29, 1.82) is 0 Å². The molecule has 1 unspecified atom stereocenters. The number of rotatable bonds is 2. The Hall–Kier alpha value is -3.29. The van der Waals surface area contributed by atoms with Crippen LogP contribution in [0.2, 0.25) is 10.0 Å². The van der Waals surface area contributed by atoms with E-state index < -0.39 is 17.3 Å². The quantitative estimate of drug-likeness (QED) is 0.628. The van der Waals surface area contributed by atoms with Crippen molar-refractivity contribution in [2.24, 2.45) is 5.73 Å². The van der Waals surface area contributed by atoms with E-state index in [-0.39, 0.29) is 29.2 Å². The number of ether oxygens (including phenoxy) is 1. The molecule has 0 saturated carbocycles. The number of carbonyl (C=O) groups is 3. The van der Waals surface area contributed by atoms with E-state index >= 15 is 0 Å². The summed E-state index contributed by atoms with van der Waals surface area (Å²) in [6, 6.07) is 12.0. The van der Waals surface area contributed by atoms with Crippen LogP contribution in [0.15, 0.2) is 65.1 Å². The van der Waals surface area contributed by atoms with Crippen LogP contribution >= 0.6 is 23.2 Å². The number of fused-ring (bicyclic) bond motifs is 3. The highest BCUT2D eigenvalue weighted by Gasteiger charge is 2.63. The van der Waals surface area contributed by atoms with E-state index in [2.05, 4.69) is 0 Å². The van der Waals surface area contributed by atoms with Crippen molar-refractivity contribution < 1.29 is 19.1 Å². The minimum atomic E-state index is -1.70. The van der Waals surface area contributed by atoms with Crippen LogP contribution < -0.4 is 15.5 Å². The number of hydrogen-bond acceptors (Lipinski definition) is 6. The minimum Gasteiger partial charge on any atom is -0.466 e. The number of esters is 1. The SMILES string of the molecule is COC(=O)C1=C(N)N(c2cc(Cl)cc(Cl)c2)C2=C(C(=O)CCC2)C12C(=O)N(C)c1ccccc12. The van der Waals surface area contributed by atoms with Gasteiger partial charge in [0.2, 0.25) is 5.91 Å². The smallest absolute Gasteiger partial charge is 0.339 e. The Morgan fingerprint density at radius 2 is 1.76 bits per heavy atom. The highest BCUT2D eigenvalue weighted by molar-refractivity contribution is 6.35. The summed E-state index contributed by atoms with van der Waals surface area (Å²) in [5.74, 6) is -1.44. The predicted molar refractivity (Wildman–Crippen MR) is 130 cm³/mol. The van der Waals surface area contributed by atoms with E-state index in [0.717, 1.165) is 0 Å². The summed E-state index contributed by atoms with van der Waals surface area (Å²) in [7, 11) is 2.84. The molecule has 0 radical (unpaired) electrons. The zero-order valence-corrected chi connectivity index (χ0v) is 20.0. The van der Waals surface area contributed by atoms with E-state index in [1.165, 1.54) is 12.0 Å². The molecule has 2 N–H and O–H groups in total. The van der Waals surface area contributed by atoms with Crippen molar-refractivity contribution in [3.63, 3.8) is 0 Å². The highest BCUT2D eigenvalue weighted by atomic mass is 35.5. The van der Waals surface area contributed by atoms with Gasteiger partial charge in [-0.15, -0.1) is 0 Å². The number of amides is 1. The average molecular weight is 498 g/mol. The number of allylic oxidation sites excluding steroid dienone is 1. The number of anilines is 2. The molecule has 0 bridgehead atoms. The first-order valence-electron chi connectivity index (χ1n) is 10.7. The summed E-state index contributed by atoms with van der Waals surface area (Å²) in [4.78, 5) is 44.1. The Bertz CT molecular complexity index is 1330. The van der Waals surface area contributed by atoms with E-state index in [9.17, 15) is 14.4 Å². The number of nitrogens with zero attached hydrogens (tertiary/aromatic N) is 2. The molecule has 1 amide bonds. The van der Waals surface area contributed by atoms with E-state index in [1.54, 1.807) is 54.4 Å². The van der Waals surface area contributed by atoms with Gasteiger partial charge in [-0.25, -0.2) is 4.79 Å². The summed E-state index contributed by atoms with van der Waals surface area (Å²) in [6.07, 6.45) is 1.30. The first kappa shape index (κ1) is 22.5. The van der Waals surface area contributed by atoms with Crippen LogP contribution in [0.4, 0.5) is 11.4 Å². The molecule has 7 nitrogen and oxygen atoms in total. The molecule has 2 aromatic rings. The maximum atomic E-state index is 14.0. The Labute approximate surface area is 206 Å². The van der Waals surface area contributed by atoms with Crippen molar-refractivity contribution in [3.8, 4) is 0 Å². The largest absolute Gasteiger partial charge is 0.466 e. The molecule has 0 aromatic heterocycles. The van der Waals surface area contributed by atoms with Gasteiger partial charge >= 0.3 is 5.97 Å². The third-order valence-corrected chi connectivity index (χ3v) is 7.13. The minimum absolute atomic E-state index is 0.00270. The molecule has 5 rings (SSSR count). The maximum absolute atomic E-state index is 14.0. The maximum Gasteiger partial charge on any atom is 0.339 e.